The molecule has 2 rings (SSSR count). The fraction of sp³-hybridized carbons (Fsp3) is 0.0714. The zero-order chi connectivity index (χ0) is 14.9. The number of aromatic carboxylic acids is 1. The Bertz CT molecular complexity index is 663. The van der Waals surface area contributed by atoms with Crippen molar-refractivity contribution in [2.45, 2.75) is 6.18 Å². The first-order chi connectivity index (χ1) is 9.29. The number of hydrogen-bond donors (Lipinski definition) is 2. The minimum atomic E-state index is -4.61. The highest BCUT2D eigenvalue weighted by Gasteiger charge is 2.34. The molecule has 0 saturated carbocycles. The number of carboxylic acids is 1. The molecule has 0 atom stereocenters. The average molecular weight is 282 g/mol. The van der Waals surface area contributed by atoms with E-state index in [1.165, 1.54) is 18.2 Å². The van der Waals surface area contributed by atoms with Gasteiger partial charge < -0.3 is 10.2 Å². The van der Waals surface area contributed by atoms with Crippen LogP contribution in [0.2, 0.25) is 0 Å². The van der Waals surface area contributed by atoms with E-state index in [1.807, 2.05) is 0 Å². The summed E-state index contributed by atoms with van der Waals surface area (Å²) in [4.78, 5) is 10.9. The van der Waals surface area contributed by atoms with Crippen molar-refractivity contribution in [1.82, 2.24) is 0 Å². The maximum Gasteiger partial charge on any atom is 0.417 e. The van der Waals surface area contributed by atoms with Gasteiger partial charge >= 0.3 is 12.1 Å². The van der Waals surface area contributed by atoms with Crippen molar-refractivity contribution < 1.29 is 28.2 Å². The fourth-order valence-corrected chi connectivity index (χ4v) is 1.84. The normalized spacial score (nSPS) is 11.3. The third kappa shape index (κ3) is 2.74. The summed E-state index contributed by atoms with van der Waals surface area (Å²) in [7, 11) is 0. The van der Waals surface area contributed by atoms with Crippen molar-refractivity contribution >= 4 is 5.97 Å². The van der Waals surface area contributed by atoms with E-state index >= 15 is 0 Å². The molecular formula is C14H9F3O3. The molecule has 0 bridgehead atoms. The zero-order valence-electron chi connectivity index (χ0n) is 9.98. The lowest BCUT2D eigenvalue weighted by Crippen LogP contribution is -2.08. The molecule has 0 aliphatic heterocycles. The molecular weight excluding hydrogens is 273 g/mol. The van der Waals surface area contributed by atoms with Crippen LogP contribution in [0, 0.1) is 0 Å². The maximum atomic E-state index is 13.0. The lowest BCUT2D eigenvalue weighted by Gasteiger charge is -2.14. The van der Waals surface area contributed by atoms with E-state index in [9.17, 15) is 23.1 Å². The first-order valence-electron chi connectivity index (χ1n) is 5.53. The van der Waals surface area contributed by atoms with E-state index < -0.39 is 17.7 Å². The van der Waals surface area contributed by atoms with Gasteiger partial charge in [-0.1, -0.05) is 12.1 Å². The average Bonchev–Trinajstić information content (AvgIpc) is 2.37. The molecule has 0 aromatic heterocycles. The van der Waals surface area contributed by atoms with Crippen molar-refractivity contribution in [3.63, 3.8) is 0 Å². The Labute approximate surface area is 111 Å². The Morgan fingerprint density at radius 3 is 2.30 bits per heavy atom. The molecule has 6 heteroatoms. The molecule has 0 aliphatic rings. The topological polar surface area (TPSA) is 57.5 Å². The van der Waals surface area contributed by atoms with Crippen molar-refractivity contribution in [1.29, 1.82) is 0 Å². The van der Waals surface area contributed by atoms with Crippen molar-refractivity contribution in [2.75, 3.05) is 0 Å². The zero-order valence-corrected chi connectivity index (χ0v) is 9.98. The molecule has 0 radical (unpaired) electrons. The van der Waals surface area contributed by atoms with Gasteiger partial charge in [-0.15, -0.1) is 0 Å². The van der Waals surface area contributed by atoms with Crippen molar-refractivity contribution in [2.24, 2.45) is 0 Å². The number of aromatic hydroxyl groups is 1. The number of phenols is 1. The molecule has 0 aliphatic carbocycles. The molecule has 3 nitrogen and oxygen atoms in total. The van der Waals surface area contributed by atoms with Crippen molar-refractivity contribution in [3.05, 3.63) is 53.6 Å². The molecule has 2 aromatic rings. The van der Waals surface area contributed by atoms with Gasteiger partial charge in [-0.2, -0.15) is 13.2 Å². The van der Waals surface area contributed by atoms with Crippen molar-refractivity contribution in [3.8, 4) is 16.9 Å². The van der Waals surface area contributed by atoms with Gasteiger partial charge in [0.25, 0.3) is 0 Å². The lowest BCUT2D eigenvalue weighted by molar-refractivity contribution is -0.137. The minimum Gasteiger partial charge on any atom is -0.508 e. The number of rotatable bonds is 2. The largest absolute Gasteiger partial charge is 0.508 e. The number of carbonyl (C=O) groups is 1. The smallest absolute Gasteiger partial charge is 0.417 e. The first kappa shape index (κ1) is 13.9. The minimum absolute atomic E-state index is 0.0976. The predicted molar refractivity (Wildman–Crippen MR) is 65.5 cm³/mol. The second-order valence-electron chi connectivity index (χ2n) is 4.11. The van der Waals surface area contributed by atoms with E-state index in [4.69, 9.17) is 5.11 Å². The number of phenolic OH excluding ortho intramolecular Hbond substituents is 1. The van der Waals surface area contributed by atoms with Gasteiger partial charge in [0.2, 0.25) is 0 Å². The standard InChI is InChI=1S/C14H9F3O3/c15-14(16,17)12-5-4-9(13(19)20)7-11(12)8-2-1-3-10(18)6-8/h1-7,18H,(H,19,20). The molecule has 2 aromatic carbocycles. The van der Waals surface area contributed by atoms with E-state index in [0.717, 1.165) is 24.3 Å². The molecule has 0 amide bonds. The van der Waals surface area contributed by atoms with Gasteiger partial charge in [-0.05, 0) is 41.5 Å². The SMILES string of the molecule is O=C(O)c1ccc(C(F)(F)F)c(-c2cccc(O)c2)c1. The van der Waals surface area contributed by atoms with Gasteiger partial charge in [0, 0.05) is 0 Å². The van der Waals surface area contributed by atoms with Gasteiger partial charge in [0.1, 0.15) is 5.75 Å². The molecule has 0 spiro atoms. The third-order valence-corrected chi connectivity index (χ3v) is 2.73. The summed E-state index contributed by atoms with van der Waals surface area (Å²) in [6, 6.07) is 7.79. The number of hydrogen-bond acceptors (Lipinski definition) is 2. The Morgan fingerprint density at radius 1 is 1.05 bits per heavy atom. The maximum absolute atomic E-state index is 13.0. The summed E-state index contributed by atoms with van der Waals surface area (Å²) >= 11 is 0. The lowest BCUT2D eigenvalue weighted by atomic mass is 9.96. The molecule has 0 saturated heterocycles. The molecule has 2 N–H and O–H groups in total. The number of alkyl halides is 3. The first-order valence-corrected chi connectivity index (χ1v) is 5.53. The van der Waals surface area contributed by atoms with Gasteiger partial charge in [0.15, 0.2) is 0 Å². The van der Waals surface area contributed by atoms with Crippen LogP contribution >= 0.6 is 0 Å². The molecule has 20 heavy (non-hydrogen) atoms. The van der Waals surface area contributed by atoms with Crippen LogP contribution in [-0.2, 0) is 6.18 Å². The summed E-state index contributed by atoms with van der Waals surface area (Å²) in [5.74, 6) is -1.52. The Hall–Kier alpha value is -2.50. The second kappa shape index (κ2) is 4.88. The summed E-state index contributed by atoms with van der Waals surface area (Å²) in [5.41, 5.74) is -1.39. The van der Waals surface area contributed by atoms with Crippen LogP contribution in [0.1, 0.15) is 15.9 Å². The molecule has 0 fully saturated rings. The van der Waals surface area contributed by atoms with Crippen LogP contribution in [0.15, 0.2) is 42.5 Å². The van der Waals surface area contributed by atoms with E-state index in [0.29, 0.717) is 0 Å². The Kier molecular flexibility index (Phi) is 3.40. The van der Waals surface area contributed by atoms with Gasteiger partial charge in [0.05, 0.1) is 11.1 Å². The van der Waals surface area contributed by atoms with Crippen LogP contribution in [0.5, 0.6) is 5.75 Å². The highest BCUT2D eigenvalue weighted by molar-refractivity contribution is 5.90. The number of benzene rings is 2. The monoisotopic (exact) mass is 282 g/mol. The quantitative estimate of drug-likeness (QED) is 0.881. The van der Waals surface area contributed by atoms with Gasteiger partial charge in [-0.25, -0.2) is 4.79 Å². The van der Waals surface area contributed by atoms with Crippen LogP contribution in [0.4, 0.5) is 13.2 Å². The highest BCUT2D eigenvalue weighted by atomic mass is 19.4. The fourth-order valence-electron chi connectivity index (χ4n) is 1.84. The van der Waals surface area contributed by atoms with E-state index in [1.54, 1.807) is 0 Å². The third-order valence-electron chi connectivity index (χ3n) is 2.73. The van der Waals surface area contributed by atoms with Gasteiger partial charge in [-0.3, -0.25) is 0 Å². The number of halogens is 3. The molecule has 0 unspecified atom stereocenters. The van der Waals surface area contributed by atoms with E-state index in [2.05, 4.69) is 0 Å². The molecule has 104 valence electrons. The second-order valence-corrected chi connectivity index (χ2v) is 4.11. The Morgan fingerprint density at radius 2 is 1.75 bits per heavy atom. The summed E-state index contributed by atoms with van der Waals surface area (Å²) in [6.45, 7) is 0. The summed E-state index contributed by atoms with van der Waals surface area (Å²) in [5, 5.41) is 18.2. The van der Waals surface area contributed by atoms with Crippen LogP contribution < -0.4 is 0 Å². The Balaban J connectivity index is 2.70. The summed E-state index contributed by atoms with van der Waals surface area (Å²) in [6.07, 6.45) is -4.61. The number of carboxylic acid groups (broad SMARTS) is 1. The van der Waals surface area contributed by atoms with Crippen LogP contribution in [0.3, 0.4) is 0 Å². The van der Waals surface area contributed by atoms with Crippen LogP contribution in [0.25, 0.3) is 11.1 Å². The van der Waals surface area contributed by atoms with Crippen LogP contribution in [-0.4, -0.2) is 16.2 Å². The predicted octanol–water partition coefficient (Wildman–Crippen LogP) is 3.78. The molecule has 0 heterocycles. The van der Waals surface area contributed by atoms with E-state index in [-0.39, 0.29) is 22.4 Å². The highest BCUT2D eigenvalue weighted by Crippen LogP contribution is 2.38. The summed E-state index contributed by atoms with van der Waals surface area (Å²) < 4.78 is 38.9.